The van der Waals surface area contributed by atoms with Gasteiger partial charge in [-0.1, -0.05) is 36.4 Å². The quantitative estimate of drug-likeness (QED) is 0.237. The molecular weight excluding hydrogens is 576 g/mol. The van der Waals surface area contributed by atoms with Crippen LogP contribution in [0.25, 0.3) is 0 Å². The Balaban J connectivity index is 0.000000187. The zero-order valence-electron chi connectivity index (χ0n) is 20.7. The number of hydrogen-bond donors (Lipinski definition) is 0. The minimum absolute atomic E-state index is 0.182. The summed E-state index contributed by atoms with van der Waals surface area (Å²) in [4.78, 5) is 0. The second-order valence-electron chi connectivity index (χ2n) is 9.60. The summed E-state index contributed by atoms with van der Waals surface area (Å²) in [7, 11) is -0.445. The summed E-state index contributed by atoms with van der Waals surface area (Å²) in [6, 6.07) is 13.4. The molecule has 0 amide bonds. The highest BCUT2D eigenvalue weighted by atomic mass is 127. The molecule has 188 valence electrons. The second-order valence-corrected chi connectivity index (χ2v) is 10.8. The van der Waals surface area contributed by atoms with E-state index in [1.165, 1.54) is 12.1 Å². The van der Waals surface area contributed by atoms with Crippen LogP contribution in [0.3, 0.4) is 0 Å². The molecule has 10 heteroatoms. The molecule has 2 aromatic carbocycles. The maximum Gasteiger partial charge on any atom is 0.498 e. The standard InChI is InChI=1S/C16H20BFN2O2.C10H8FIN2/c1-15(2)16(3,4)22-17(21-15)13-9-19-20(11-13)10-12-7-5-6-8-14(12)18;11-10-4-2-1-3-8(10)6-14-7-9(12)5-13-14/h5-9,11H,10H2,1-4H3;1-5,7H,6H2. The lowest BCUT2D eigenvalue weighted by atomic mass is 9.82. The first kappa shape index (κ1) is 26.5. The van der Waals surface area contributed by atoms with Gasteiger partial charge in [-0.2, -0.15) is 10.2 Å². The van der Waals surface area contributed by atoms with Gasteiger partial charge in [0.2, 0.25) is 0 Å². The lowest BCUT2D eigenvalue weighted by Crippen LogP contribution is -2.41. The molecule has 1 saturated heterocycles. The molecule has 0 spiro atoms. The molecule has 0 aliphatic carbocycles. The van der Waals surface area contributed by atoms with Crippen molar-refractivity contribution in [2.24, 2.45) is 0 Å². The van der Waals surface area contributed by atoms with Crippen LogP contribution in [-0.4, -0.2) is 37.9 Å². The van der Waals surface area contributed by atoms with E-state index in [1.54, 1.807) is 46.0 Å². The van der Waals surface area contributed by atoms with E-state index in [0.29, 0.717) is 24.2 Å². The Bertz CT molecular complexity index is 1310. The van der Waals surface area contributed by atoms with Crippen LogP contribution in [0.2, 0.25) is 0 Å². The van der Waals surface area contributed by atoms with E-state index in [1.807, 2.05) is 52.2 Å². The Morgan fingerprint density at radius 3 is 1.72 bits per heavy atom. The van der Waals surface area contributed by atoms with E-state index in [9.17, 15) is 8.78 Å². The van der Waals surface area contributed by atoms with Crippen molar-refractivity contribution in [3.05, 3.63) is 99.6 Å². The summed E-state index contributed by atoms with van der Waals surface area (Å²) < 4.78 is 43.4. The molecule has 0 bridgehead atoms. The summed E-state index contributed by atoms with van der Waals surface area (Å²) in [5.74, 6) is -0.409. The molecule has 1 aliphatic heterocycles. The normalized spacial score (nSPS) is 16.0. The van der Waals surface area contributed by atoms with E-state index in [0.717, 1.165) is 9.03 Å². The smallest absolute Gasteiger partial charge is 0.399 e. The van der Waals surface area contributed by atoms with Gasteiger partial charge in [-0.15, -0.1) is 0 Å². The molecule has 5 rings (SSSR count). The predicted molar refractivity (Wildman–Crippen MR) is 144 cm³/mol. The van der Waals surface area contributed by atoms with Crippen molar-refractivity contribution in [3.8, 4) is 0 Å². The molecule has 0 unspecified atom stereocenters. The SMILES string of the molecule is CC1(C)OB(c2cnn(Cc3ccccc3F)c2)OC1(C)C.Fc1ccccc1Cn1cc(I)cn1. The van der Waals surface area contributed by atoms with E-state index >= 15 is 0 Å². The van der Waals surface area contributed by atoms with E-state index < -0.39 is 7.12 Å². The Hall–Kier alpha value is -2.57. The van der Waals surface area contributed by atoms with Gasteiger partial charge >= 0.3 is 7.12 Å². The molecule has 36 heavy (non-hydrogen) atoms. The lowest BCUT2D eigenvalue weighted by Gasteiger charge is -2.32. The monoisotopic (exact) mass is 604 g/mol. The minimum Gasteiger partial charge on any atom is -0.399 e. The highest BCUT2D eigenvalue weighted by Crippen LogP contribution is 2.36. The van der Waals surface area contributed by atoms with Crippen LogP contribution in [0.5, 0.6) is 0 Å². The molecular formula is C26H28BF2IN4O2. The first-order valence-electron chi connectivity index (χ1n) is 11.6. The first-order valence-corrected chi connectivity index (χ1v) is 12.6. The second kappa shape index (κ2) is 10.8. The van der Waals surface area contributed by atoms with Crippen molar-refractivity contribution >= 4 is 35.2 Å². The maximum absolute atomic E-state index is 13.7. The Labute approximate surface area is 223 Å². The number of halogens is 3. The van der Waals surface area contributed by atoms with Crippen molar-refractivity contribution in [2.75, 3.05) is 0 Å². The highest BCUT2D eigenvalue weighted by Gasteiger charge is 2.52. The van der Waals surface area contributed by atoms with E-state index in [4.69, 9.17) is 9.31 Å². The molecule has 3 heterocycles. The summed E-state index contributed by atoms with van der Waals surface area (Å²) in [5, 5.41) is 8.38. The molecule has 0 N–H and O–H groups in total. The average Bonchev–Trinajstić information content (AvgIpc) is 3.50. The van der Waals surface area contributed by atoms with Crippen molar-refractivity contribution in [1.29, 1.82) is 0 Å². The maximum atomic E-state index is 13.7. The minimum atomic E-state index is -0.445. The summed E-state index contributed by atoms with van der Waals surface area (Å²) in [6.07, 6.45) is 7.19. The van der Waals surface area contributed by atoms with E-state index in [-0.39, 0.29) is 22.8 Å². The van der Waals surface area contributed by atoms with Gasteiger partial charge in [-0.3, -0.25) is 9.36 Å². The fraction of sp³-hybridized carbons (Fsp3) is 0.308. The largest absolute Gasteiger partial charge is 0.498 e. The van der Waals surface area contributed by atoms with Crippen molar-refractivity contribution in [2.45, 2.75) is 52.0 Å². The van der Waals surface area contributed by atoms with Crippen molar-refractivity contribution in [1.82, 2.24) is 19.6 Å². The molecule has 0 saturated carbocycles. The topological polar surface area (TPSA) is 54.1 Å². The number of nitrogens with zero attached hydrogens (tertiary/aromatic N) is 4. The summed E-state index contributed by atoms with van der Waals surface area (Å²) in [6.45, 7) is 8.91. The van der Waals surface area contributed by atoms with Gasteiger partial charge < -0.3 is 9.31 Å². The van der Waals surface area contributed by atoms with Gasteiger partial charge in [0, 0.05) is 35.2 Å². The fourth-order valence-electron chi connectivity index (χ4n) is 3.59. The van der Waals surface area contributed by atoms with E-state index in [2.05, 4.69) is 32.8 Å². The van der Waals surface area contributed by atoms with Crippen LogP contribution in [0.15, 0.2) is 73.3 Å². The highest BCUT2D eigenvalue weighted by molar-refractivity contribution is 14.1. The van der Waals surface area contributed by atoms with Crippen LogP contribution in [0.4, 0.5) is 8.78 Å². The Morgan fingerprint density at radius 1 is 0.778 bits per heavy atom. The number of benzene rings is 2. The molecule has 1 fully saturated rings. The van der Waals surface area contributed by atoms with Gasteiger partial charge in [0.1, 0.15) is 11.6 Å². The molecule has 2 aromatic heterocycles. The van der Waals surface area contributed by atoms with Crippen LogP contribution < -0.4 is 5.46 Å². The molecule has 6 nitrogen and oxygen atoms in total. The first-order chi connectivity index (χ1) is 17.0. The molecule has 4 aromatic rings. The molecule has 0 radical (unpaired) electrons. The third-order valence-electron chi connectivity index (χ3n) is 6.36. The van der Waals surface area contributed by atoms with Gasteiger partial charge in [-0.25, -0.2) is 8.78 Å². The Kier molecular flexibility index (Phi) is 7.96. The third kappa shape index (κ3) is 6.22. The summed E-state index contributed by atoms with van der Waals surface area (Å²) in [5.41, 5.74) is 1.34. The third-order valence-corrected chi connectivity index (χ3v) is 6.92. The van der Waals surface area contributed by atoms with Crippen LogP contribution in [0, 0.1) is 15.2 Å². The van der Waals surface area contributed by atoms with Gasteiger partial charge in [-0.05, 0) is 62.4 Å². The van der Waals surface area contributed by atoms with Crippen molar-refractivity contribution < 1.29 is 18.1 Å². The predicted octanol–water partition coefficient (Wildman–Crippen LogP) is 5.04. The summed E-state index contributed by atoms with van der Waals surface area (Å²) >= 11 is 2.17. The number of rotatable bonds is 5. The Morgan fingerprint density at radius 2 is 1.25 bits per heavy atom. The van der Waals surface area contributed by atoms with Crippen LogP contribution in [0.1, 0.15) is 38.8 Å². The van der Waals surface area contributed by atoms with Crippen LogP contribution in [-0.2, 0) is 22.4 Å². The molecule has 0 atom stereocenters. The van der Waals surface area contributed by atoms with Gasteiger partial charge in [0.05, 0.1) is 34.1 Å². The van der Waals surface area contributed by atoms with Gasteiger partial charge in [0.15, 0.2) is 0 Å². The van der Waals surface area contributed by atoms with Gasteiger partial charge in [0.25, 0.3) is 0 Å². The lowest BCUT2D eigenvalue weighted by molar-refractivity contribution is 0.00578. The average molecular weight is 604 g/mol. The zero-order valence-corrected chi connectivity index (χ0v) is 22.8. The zero-order chi connectivity index (χ0) is 25.9. The van der Waals surface area contributed by atoms with Crippen LogP contribution >= 0.6 is 22.6 Å². The number of hydrogen-bond acceptors (Lipinski definition) is 4. The number of aromatic nitrogens is 4. The van der Waals surface area contributed by atoms with Crippen molar-refractivity contribution in [3.63, 3.8) is 0 Å². The fourth-order valence-corrected chi connectivity index (χ4v) is 4.04. The molecule has 1 aliphatic rings.